The quantitative estimate of drug-likeness (QED) is 0.787. The fourth-order valence-electron chi connectivity index (χ4n) is 3.49. The zero-order chi connectivity index (χ0) is 18.4. The summed E-state index contributed by atoms with van der Waals surface area (Å²) in [6.45, 7) is 8.61. The summed E-state index contributed by atoms with van der Waals surface area (Å²) in [6.07, 6.45) is 5.74. The first-order chi connectivity index (χ1) is 12.7. The van der Waals surface area contributed by atoms with Crippen molar-refractivity contribution >= 4 is 11.7 Å². The van der Waals surface area contributed by atoms with E-state index in [4.69, 9.17) is 4.42 Å². The maximum atomic E-state index is 12.5. The minimum absolute atomic E-state index is 0.0827. The Morgan fingerprint density at radius 1 is 1.27 bits per heavy atom. The van der Waals surface area contributed by atoms with Crippen molar-refractivity contribution in [3.05, 3.63) is 48.0 Å². The van der Waals surface area contributed by atoms with Crippen LogP contribution in [0.2, 0.25) is 0 Å². The number of nitrogens with zero attached hydrogens (tertiary/aromatic N) is 3. The molecule has 3 heterocycles. The maximum absolute atomic E-state index is 12.5. The number of amides is 1. The zero-order valence-corrected chi connectivity index (χ0v) is 15.6. The molecule has 0 spiro atoms. The van der Waals surface area contributed by atoms with Crippen LogP contribution in [0.1, 0.15) is 48.8 Å². The van der Waals surface area contributed by atoms with Gasteiger partial charge in [0.25, 0.3) is 5.91 Å². The van der Waals surface area contributed by atoms with Crippen LogP contribution in [0.3, 0.4) is 0 Å². The molecule has 26 heavy (non-hydrogen) atoms. The van der Waals surface area contributed by atoms with Crippen LogP contribution in [0.25, 0.3) is 0 Å². The van der Waals surface area contributed by atoms with E-state index in [1.54, 1.807) is 12.5 Å². The van der Waals surface area contributed by atoms with Gasteiger partial charge in [-0.25, -0.2) is 4.98 Å². The molecule has 1 fully saturated rings. The lowest BCUT2D eigenvalue weighted by Crippen LogP contribution is -2.36. The number of aromatic nitrogens is 1. The van der Waals surface area contributed by atoms with Crippen LogP contribution in [-0.4, -0.2) is 48.5 Å². The van der Waals surface area contributed by atoms with Crippen molar-refractivity contribution in [3.63, 3.8) is 0 Å². The van der Waals surface area contributed by atoms with Crippen LogP contribution in [0.5, 0.6) is 0 Å². The minimum Gasteiger partial charge on any atom is -0.468 e. The van der Waals surface area contributed by atoms with E-state index in [0.29, 0.717) is 12.1 Å². The van der Waals surface area contributed by atoms with Gasteiger partial charge in [-0.05, 0) is 64.0 Å². The predicted octanol–water partition coefficient (Wildman–Crippen LogP) is 3.09. The van der Waals surface area contributed by atoms with Crippen molar-refractivity contribution in [2.75, 3.05) is 37.6 Å². The van der Waals surface area contributed by atoms with Gasteiger partial charge in [0.1, 0.15) is 11.6 Å². The molecule has 1 amide bonds. The van der Waals surface area contributed by atoms with E-state index in [1.807, 2.05) is 24.3 Å². The Kier molecular flexibility index (Phi) is 6.28. The Morgan fingerprint density at radius 3 is 2.62 bits per heavy atom. The summed E-state index contributed by atoms with van der Waals surface area (Å²) in [4.78, 5) is 21.5. The minimum atomic E-state index is -0.0978. The highest BCUT2D eigenvalue weighted by Gasteiger charge is 2.26. The van der Waals surface area contributed by atoms with E-state index in [-0.39, 0.29) is 11.9 Å². The Bertz CT molecular complexity index is 674. The summed E-state index contributed by atoms with van der Waals surface area (Å²) >= 11 is 0. The van der Waals surface area contributed by atoms with Gasteiger partial charge in [-0.1, -0.05) is 0 Å². The van der Waals surface area contributed by atoms with Gasteiger partial charge in [-0.2, -0.15) is 0 Å². The smallest absolute Gasteiger partial charge is 0.252 e. The Balaban J connectivity index is 1.63. The van der Waals surface area contributed by atoms with E-state index in [1.165, 1.54) is 12.8 Å². The van der Waals surface area contributed by atoms with Gasteiger partial charge >= 0.3 is 0 Å². The second kappa shape index (κ2) is 8.85. The third kappa shape index (κ3) is 4.25. The molecule has 1 N–H and O–H groups in total. The first kappa shape index (κ1) is 18.5. The molecule has 0 saturated carbocycles. The number of anilines is 1. The number of rotatable bonds is 8. The van der Waals surface area contributed by atoms with Crippen molar-refractivity contribution in [2.24, 2.45) is 0 Å². The number of furan rings is 1. The molecule has 2 aromatic heterocycles. The van der Waals surface area contributed by atoms with Gasteiger partial charge in [-0.3, -0.25) is 9.69 Å². The fourth-order valence-corrected chi connectivity index (χ4v) is 3.49. The average molecular weight is 356 g/mol. The number of hydrogen-bond donors (Lipinski definition) is 1. The lowest BCUT2D eigenvalue weighted by Gasteiger charge is -2.26. The van der Waals surface area contributed by atoms with Crippen molar-refractivity contribution in [2.45, 2.75) is 32.7 Å². The third-order valence-electron chi connectivity index (χ3n) is 5.01. The predicted molar refractivity (Wildman–Crippen MR) is 102 cm³/mol. The van der Waals surface area contributed by atoms with Crippen LogP contribution in [0, 0.1) is 0 Å². The molecule has 1 atom stereocenters. The maximum Gasteiger partial charge on any atom is 0.252 e. The molecular weight excluding hydrogens is 328 g/mol. The molecule has 6 nitrogen and oxygen atoms in total. The second-order valence-electron chi connectivity index (χ2n) is 6.56. The number of pyridine rings is 1. The normalized spacial score (nSPS) is 15.8. The van der Waals surface area contributed by atoms with Gasteiger partial charge < -0.3 is 14.6 Å². The van der Waals surface area contributed by atoms with Crippen LogP contribution < -0.4 is 10.2 Å². The number of likely N-dealkylation sites (tertiary alicyclic amines) is 1. The van der Waals surface area contributed by atoms with Gasteiger partial charge in [0, 0.05) is 25.8 Å². The first-order valence-electron chi connectivity index (χ1n) is 9.49. The third-order valence-corrected chi connectivity index (χ3v) is 5.01. The van der Waals surface area contributed by atoms with E-state index in [9.17, 15) is 4.79 Å². The zero-order valence-electron chi connectivity index (χ0n) is 15.6. The SMILES string of the molecule is CCN(CC)c1ccc(C(=O)NCC(c2ccco2)N2CCCC2)cn1. The van der Waals surface area contributed by atoms with E-state index in [0.717, 1.165) is 37.8 Å². The molecule has 0 aliphatic carbocycles. The first-order valence-corrected chi connectivity index (χ1v) is 9.49. The highest BCUT2D eigenvalue weighted by atomic mass is 16.3. The molecule has 1 unspecified atom stereocenters. The Morgan fingerprint density at radius 2 is 2.04 bits per heavy atom. The molecule has 6 heteroatoms. The average Bonchev–Trinajstić information content (AvgIpc) is 3.38. The standard InChI is InChI=1S/C20H28N4O2/c1-3-23(4-2)19-10-9-16(14-21-19)20(25)22-15-17(18-8-7-13-26-18)24-11-5-6-12-24/h7-10,13-14,17H,3-6,11-12,15H2,1-2H3,(H,22,25). The molecule has 0 radical (unpaired) electrons. The highest BCUT2D eigenvalue weighted by Crippen LogP contribution is 2.25. The largest absolute Gasteiger partial charge is 0.468 e. The molecule has 3 rings (SSSR count). The van der Waals surface area contributed by atoms with Gasteiger partial charge in [0.2, 0.25) is 0 Å². The highest BCUT2D eigenvalue weighted by molar-refractivity contribution is 5.94. The molecule has 2 aromatic rings. The van der Waals surface area contributed by atoms with E-state index >= 15 is 0 Å². The lowest BCUT2D eigenvalue weighted by atomic mass is 10.2. The molecule has 140 valence electrons. The summed E-state index contributed by atoms with van der Waals surface area (Å²) < 4.78 is 5.60. The van der Waals surface area contributed by atoms with Crippen molar-refractivity contribution in [1.82, 2.24) is 15.2 Å². The summed E-state index contributed by atoms with van der Waals surface area (Å²) in [6, 6.07) is 7.71. The van der Waals surface area contributed by atoms with Gasteiger partial charge in [0.15, 0.2) is 0 Å². The van der Waals surface area contributed by atoms with Crippen molar-refractivity contribution < 1.29 is 9.21 Å². The number of nitrogens with one attached hydrogen (secondary N) is 1. The summed E-state index contributed by atoms with van der Waals surface area (Å²) in [5.41, 5.74) is 0.584. The van der Waals surface area contributed by atoms with E-state index in [2.05, 4.69) is 33.9 Å². The fraction of sp³-hybridized carbons (Fsp3) is 0.500. The summed E-state index contributed by atoms with van der Waals surface area (Å²) in [5, 5.41) is 3.05. The number of hydrogen-bond acceptors (Lipinski definition) is 5. The topological polar surface area (TPSA) is 61.6 Å². The van der Waals surface area contributed by atoms with E-state index < -0.39 is 0 Å². The molecule has 0 aromatic carbocycles. The monoisotopic (exact) mass is 356 g/mol. The van der Waals surface area contributed by atoms with Crippen molar-refractivity contribution in [1.29, 1.82) is 0 Å². The van der Waals surface area contributed by atoms with Crippen LogP contribution in [0.15, 0.2) is 41.1 Å². The molecule has 1 aliphatic heterocycles. The molecule has 1 aliphatic rings. The lowest BCUT2D eigenvalue weighted by molar-refractivity contribution is 0.0933. The number of carbonyl (C=O) groups excluding carboxylic acids is 1. The van der Waals surface area contributed by atoms with Crippen LogP contribution >= 0.6 is 0 Å². The van der Waals surface area contributed by atoms with Crippen molar-refractivity contribution in [3.8, 4) is 0 Å². The second-order valence-corrected chi connectivity index (χ2v) is 6.56. The van der Waals surface area contributed by atoms with Crippen LogP contribution in [0.4, 0.5) is 5.82 Å². The van der Waals surface area contributed by atoms with Crippen LogP contribution in [-0.2, 0) is 0 Å². The molecule has 1 saturated heterocycles. The van der Waals surface area contributed by atoms with Gasteiger partial charge in [0.05, 0.1) is 17.9 Å². The van der Waals surface area contributed by atoms with Gasteiger partial charge in [-0.15, -0.1) is 0 Å². The Hall–Kier alpha value is -2.34. The molecular formula is C20H28N4O2. The summed E-state index contributed by atoms with van der Waals surface area (Å²) in [5.74, 6) is 1.71. The molecule has 0 bridgehead atoms. The Labute approximate surface area is 155 Å². The summed E-state index contributed by atoms with van der Waals surface area (Å²) in [7, 11) is 0. The number of carbonyl (C=O) groups is 1.